The minimum Gasteiger partial charge on any atom is -0.469 e. The summed E-state index contributed by atoms with van der Waals surface area (Å²) in [5.41, 5.74) is 0. The van der Waals surface area contributed by atoms with Gasteiger partial charge < -0.3 is 4.74 Å². The van der Waals surface area contributed by atoms with Gasteiger partial charge in [-0.25, -0.2) is 4.18 Å². The molecule has 78 valence electrons. The van der Waals surface area contributed by atoms with Crippen molar-refractivity contribution in [1.82, 2.24) is 4.90 Å². The molecule has 0 aliphatic heterocycles. The Labute approximate surface area is 79.3 Å². The van der Waals surface area contributed by atoms with Crippen LogP contribution in [0.2, 0.25) is 0 Å². The van der Waals surface area contributed by atoms with E-state index in [1.54, 1.807) is 14.1 Å². The molecule has 0 radical (unpaired) electrons. The Morgan fingerprint density at radius 1 is 1.62 bits per heavy atom. The highest BCUT2D eigenvalue weighted by molar-refractivity contribution is 7.74. The van der Waals surface area contributed by atoms with Crippen LogP contribution in [0.25, 0.3) is 0 Å². The molecule has 0 bridgehead atoms. The third-order valence-electron chi connectivity index (χ3n) is 1.34. The molecule has 0 heterocycles. The number of rotatable bonds is 5. The zero-order valence-electron chi connectivity index (χ0n) is 7.72. The van der Waals surface area contributed by atoms with Gasteiger partial charge in [-0.15, -0.1) is 0 Å². The van der Waals surface area contributed by atoms with Crippen molar-refractivity contribution >= 4 is 17.3 Å². The first-order valence-electron chi connectivity index (χ1n) is 3.48. The van der Waals surface area contributed by atoms with Crippen molar-refractivity contribution < 1.29 is 22.5 Å². The molecule has 0 aromatic heterocycles. The van der Waals surface area contributed by atoms with Gasteiger partial charge in [0.1, 0.15) is 6.23 Å². The Bertz CT molecular complexity index is 195. The minimum atomic E-state index is -2.38. The van der Waals surface area contributed by atoms with Crippen LogP contribution in [0, 0.1) is 0 Å². The molecule has 7 heteroatoms. The predicted molar refractivity (Wildman–Crippen MR) is 46.0 cm³/mol. The van der Waals surface area contributed by atoms with Gasteiger partial charge in [0.25, 0.3) is 0 Å². The van der Waals surface area contributed by atoms with E-state index in [9.17, 15) is 9.00 Å². The number of esters is 1. The first-order chi connectivity index (χ1) is 5.97. The maximum absolute atomic E-state index is 10.8. The van der Waals surface area contributed by atoms with Crippen molar-refractivity contribution in [3.05, 3.63) is 0 Å². The van der Waals surface area contributed by atoms with Gasteiger partial charge in [0.05, 0.1) is 13.5 Å². The van der Waals surface area contributed by atoms with E-state index in [-0.39, 0.29) is 6.42 Å². The van der Waals surface area contributed by atoms with E-state index in [1.165, 1.54) is 12.0 Å². The van der Waals surface area contributed by atoms with Crippen molar-refractivity contribution in [2.45, 2.75) is 12.6 Å². The van der Waals surface area contributed by atoms with Gasteiger partial charge in [0.15, 0.2) is 0 Å². The second kappa shape index (κ2) is 6.03. The summed E-state index contributed by atoms with van der Waals surface area (Å²) in [6.07, 6.45) is -0.839. The van der Waals surface area contributed by atoms with Crippen LogP contribution in [0.1, 0.15) is 6.42 Å². The molecule has 0 spiro atoms. The van der Waals surface area contributed by atoms with E-state index in [2.05, 4.69) is 8.92 Å². The normalized spacial score (nSPS) is 15.5. The molecule has 0 amide bonds. The maximum atomic E-state index is 10.8. The van der Waals surface area contributed by atoms with Crippen LogP contribution in [0.5, 0.6) is 0 Å². The van der Waals surface area contributed by atoms with Crippen LogP contribution >= 0.6 is 0 Å². The van der Waals surface area contributed by atoms with Gasteiger partial charge in [0.2, 0.25) is 0 Å². The highest BCUT2D eigenvalue weighted by Gasteiger charge is 2.19. The number of carbonyl (C=O) groups excluding carboxylic acids is 1. The Balaban J connectivity index is 4.09. The van der Waals surface area contributed by atoms with Crippen molar-refractivity contribution in [1.29, 1.82) is 0 Å². The smallest absolute Gasteiger partial charge is 0.309 e. The molecule has 0 aromatic rings. The second-order valence-electron chi connectivity index (χ2n) is 2.51. The van der Waals surface area contributed by atoms with Gasteiger partial charge in [-0.3, -0.25) is 14.2 Å². The fourth-order valence-corrected chi connectivity index (χ4v) is 1.05. The van der Waals surface area contributed by atoms with Crippen LogP contribution in [0.4, 0.5) is 0 Å². The van der Waals surface area contributed by atoms with Crippen molar-refractivity contribution in [3.8, 4) is 0 Å². The molecular weight excluding hydrogens is 198 g/mol. The van der Waals surface area contributed by atoms with E-state index in [0.717, 1.165) is 0 Å². The molecule has 0 aliphatic rings. The topological polar surface area (TPSA) is 76.1 Å². The van der Waals surface area contributed by atoms with E-state index in [0.29, 0.717) is 0 Å². The molecule has 0 saturated heterocycles. The van der Waals surface area contributed by atoms with E-state index in [1.807, 2.05) is 0 Å². The Hall–Kier alpha value is -0.500. The van der Waals surface area contributed by atoms with Gasteiger partial charge in [0, 0.05) is 0 Å². The van der Waals surface area contributed by atoms with Crippen LogP contribution in [0.15, 0.2) is 0 Å². The highest BCUT2D eigenvalue weighted by atomic mass is 32.2. The number of methoxy groups -OCH3 is 1. The second-order valence-corrected chi connectivity index (χ2v) is 3.14. The van der Waals surface area contributed by atoms with Crippen molar-refractivity contribution in [2.75, 3.05) is 21.2 Å². The summed E-state index contributed by atoms with van der Waals surface area (Å²) in [5, 5.41) is 0. The summed E-state index contributed by atoms with van der Waals surface area (Å²) in [7, 11) is 4.49. The molecule has 0 rings (SSSR count). The third kappa shape index (κ3) is 5.69. The average molecular weight is 211 g/mol. The predicted octanol–water partition coefficient (Wildman–Crippen LogP) is -0.409. The van der Waals surface area contributed by atoms with Gasteiger partial charge in [-0.05, 0) is 14.1 Å². The number of hydrogen-bond acceptors (Lipinski definition) is 5. The molecule has 2 unspecified atom stereocenters. The Morgan fingerprint density at radius 3 is 2.46 bits per heavy atom. The molecular formula is C6H13NO5S. The summed E-state index contributed by atoms with van der Waals surface area (Å²) >= 11 is -2.38. The lowest BCUT2D eigenvalue weighted by Gasteiger charge is -2.20. The highest BCUT2D eigenvalue weighted by Crippen LogP contribution is 2.04. The number of ether oxygens (including phenoxy) is 1. The van der Waals surface area contributed by atoms with Crippen LogP contribution in [-0.2, 0) is 25.1 Å². The summed E-state index contributed by atoms with van der Waals surface area (Å²) < 4.78 is 27.6. The van der Waals surface area contributed by atoms with Crippen molar-refractivity contribution in [2.24, 2.45) is 0 Å². The molecule has 2 atom stereocenters. The molecule has 1 N–H and O–H groups in total. The van der Waals surface area contributed by atoms with Crippen molar-refractivity contribution in [3.63, 3.8) is 0 Å². The van der Waals surface area contributed by atoms with Crippen LogP contribution in [-0.4, -0.2) is 47.1 Å². The Kier molecular flexibility index (Phi) is 5.80. The molecule has 6 nitrogen and oxygen atoms in total. The van der Waals surface area contributed by atoms with Gasteiger partial charge in [-0.2, -0.15) is 4.21 Å². The number of nitrogens with zero attached hydrogens (tertiary/aromatic N) is 1. The number of carbonyl (C=O) groups is 1. The maximum Gasteiger partial charge on any atom is 0.309 e. The zero-order valence-corrected chi connectivity index (χ0v) is 8.54. The molecule has 0 aromatic carbocycles. The summed E-state index contributed by atoms with van der Waals surface area (Å²) in [4.78, 5) is 12.3. The Morgan fingerprint density at radius 2 is 2.15 bits per heavy atom. The van der Waals surface area contributed by atoms with Crippen LogP contribution < -0.4 is 0 Å². The standard InChI is InChI=1S/C6H13NO5S/c1-7(2)5(12-13(9)10)4-6(8)11-3/h5H,4H2,1-3H3,(H,9,10). The first kappa shape index (κ1) is 12.5. The largest absolute Gasteiger partial charge is 0.469 e. The lowest BCUT2D eigenvalue weighted by Crippen LogP contribution is -2.33. The summed E-state index contributed by atoms with van der Waals surface area (Å²) in [6.45, 7) is 0. The van der Waals surface area contributed by atoms with E-state index < -0.39 is 23.6 Å². The molecule has 0 aliphatic carbocycles. The summed E-state index contributed by atoms with van der Waals surface area (Å²) in [5.74, 6) is -0.496. The fraction of sp³-hybridized carbons (Fsp3) is 0.833. The fourth-order valence-electron chi connectivity index (χ4n) is 0.624. The zero-order chi connectivity index (χ0) is 10.4. The monoisotopic (exact) mass is 211 g/mol. The van der Waals surface area contributed by atoms with E-state index in [4.69, 9.17) is 4.55 Å². The molecule has 0 fully saturated rings. The summed E-state index contributed by atoms with van der Waals surface area (Å²) in [6, 6.07) is 0. The third-order valence-corrected chi connectivity index (χ3v) is 1.73. The lowest BCUT2D eigenvalue weighted by atomic mass is 10.4. The first-order valence-corrected chi connectivity index (χ1v) is 4.51. The number of hydrogen-bond donors (Lipinski definition) is 1. The lowest BCUT2D eigenvalue weighted by molar-refractivity contribution is -0.144. The van der Waals surface area contributed by atoms with Crippen LogP contribution in [0.3, 0.4) is 0 Å². The van der Waals surface area contributed by atoms with Gasteiger partial charge in [-0.1, -0.05) is 0 Å². The van der Waals surface area contributed by atoms with E-state index >= 15 is 0 Å². The molecule has 13 heavy (non-hydrogen) atoms. The SMILES string of the molecule is COC(=O)CC(OS(=O)O)N(C)C. The minimum absolute atomic E-state index is 0.0875. The average Bonchev–Trinajstić information content (AvgIpc) is 2.02. The molecule has 0 saturated carbocycles. The quantitative estimate of drug-likeness (QED) is 0.378. The van der Waals surface area contributed by atoms with Gasteiger partial charge >= 0.3 is 17.3 Å².